The highest BCUT2D eigenvalue weighted by atomic mass is 127. The molecule has 0 aliphatic heterocycles. The zero-order valence-electron chi connectivity index (χ0n) is 18.7. The first-order valence-electron chi connectivity index (χ1n) is 10.0. The number of nitrogens with one attached hydrogen (secondary N) is 2. The normalized spacial score (nSPS) is 11.8. The molecule has 3 N–H and O–H groups in total. The van der Waals surface area contributed by atoms with E-state index < -0.39 is 24.5 Å². The summed E-state index contributed by atoms with van der Waals surface area (Å²) >= 11 is 1.99. The minimum Gasteiger partial charge on any atom is -0.493 e. The van der Waals surface area contributed by atoms with E-state index in [0.29, 0.717) is 26.2 Å². The first-order chi connectivity index (χ1) is 15.6. The van der Waals surface area contributed by atoms with Crippen LogP contribution < -0.4 is 20.2 Å². The van der Waals surface area contributed by atoms with Crippen molar-refractivity contribution in [2.24, 2.45) is 11.0 Å². The van der Waals surface area contributed by atoms with Crippen molar-refractivity contribution in [1.29, 1.82) is 0 Å². The Morgan fingerprint density at radius 1 is 1.18 bits per heavy atom. The molecule has 2 amide bonds. The molecular weight excluding hydrogens is 541 g/mol. The van der Waals surface area contributed by atoms with E-state index in [2.05, 4.69) is 15.8 Å². The Balaban J connectivity index is 2.08. The Kier molecular flexibility index (Phi) is 9.64. The molecule has 9 nitrogen and oxygen atoms in total. The second kappa shape index (κ2) is 12.2. The summed E-state index contributed by atoms with van der Waals surface area (Å²) in [4.78, 5) is 35.9. The largest absolute Gasteiger partial charge is 0.493 e. The number of hydrogen-bond acceptors (Lipinski definition) is 6. The van der Waals surface area contributed by atoms with Crippen LogP contribution in [0.25, 0.3) is 0 Å². The summed E-state index contributed by atoms with van der Waals surface area (Å²) in [6.07, 6.45) is 1.42. The van der Waals surface area contributed by atoms with Crippen LogP contribution in [0, 0.1) is 16.4 Å². The molecule has 0 saturated carbocycles. The summed E-state index contributed by atoms with van der Waals surface area (Å²) in [6.45, 7) is 5.08. The number of methoxy groups -OCH3 is 1. The molecule has 0 aromatic heterocycles. The summed E-state index contributed by atoms with van der Waals surface area (Å²) in [7, 11) is 1.44. The number of carbonyl (C=O) groups excluding carboxylic acids is 2. The number of ether oxygens (including phenoxy) is 2. The maximum Gasteiger partial charge on any atom is 0.341 e. The van der Waals surface area contributed by atoms with Gasteiger partial charge in [0, 0.05) is 5.56 Å². The van der Waals surface area contributed by atoms with Gasteiger partial charge in [0.15, 0.2) is 18.1 Å². The molecule has 0 spiro atoms. The molecule has 33 heavy (non-hydrogen) atoms. The maximum absolute atomic E-state index is 12.6. The second-order valence-corrected chi connectivity index (χ2v) is 8.67. The van der Waals surface area contributed by atoms with Gasteiger partial charge in [-0.2, -0.15) is 5.10 Å². The first kappa shape index (κ1) is 26.1. The molecule has 0 radical (unpaired) electrons. The van der Waals surface area contributed by atoms with Crippen molar-refractivity contribution >= 4 is 46.6 Å². The maximum atomic E-state index is 12.6. The molecular formula is C23H26IN3O6. The Hall–Kier alpha value is -3.15. The standard InChI is InChI=1S/C23H26IN3O6/c1-13(2)20(26-22(30)16-7-5-14(3)6-8-16)23(31)27-25-11-15-9-17(24)21(18(10-15)32-4)33-12-19(28)29/h5-11,13,20H,12H2,1-4H3,(H,26,30)(H,27,31)(H,28,29)/b25-11+. The molecule has 1 atom stereocenters. The molecule has 2 rings (SSSR count). The number of aliphatic carboxylic acids is 1. The average molecular weight is 567 g/mol. The highest BCUT2D eigenvalue weighted by Gasteiger charge is 2.24. The molecule has 0 aliphatic carbocycles. The number of amides is 2. The third kappa shape index (κ3) is 7.74. The van der Waals surface area contributed by atoms with Crippen molar-refractivity contribution in [2.45, 2.75) is 26.8 Å². The molecule has 0 heterocycles. The first-order valence-corrected chi connectivity index (χ1v) is 11.1. The van der Waals surface area contributed by atoms with Gasteiger partial charge in [-0.15, -0.1) is 0 Å². The number of nitrogens with zero attached hydrogens (tertiary/aromatic N) is 1. The number of aryl methyl sites for hydroxylation is 1. The highest BCUT2D eigenvalue weighted by Crippen LogP contribution is 2.33. The number of hydrazone groups is 1. The Bertz CT molecular complexity index is 1040. The lowest BCUT2D eigenvalue weighted by Crippen LogP contribution is -2.48. The highest BCUT2D eigenvalue weighted by molar-refractivity contribution is 14.1. The Morgan fingerprint density at radius 3 is 2.42 bits per heavy atom. The van der Waals surface area contributed by atoms with Crippen LogP contribution in [-0.2, 0) is 9.59 Å². The minimum atomic E-state index is -1.10. The fourth-order valence-electron chi connectivity index (χ4n) is 2.79. The predicted octanol–water partition coefficient (Wildman–Crippen LogP) is 2.98. The SMILES string of the molecule is COc1cc(/C=N/NC(=O)C(NC(=O)c2ccc(C)cc2)C(C)C)cc(I)c1OCC(=O)O. The van der Waals surface area contributed by atoms with Crippen LogP contribution in [0.15, 0.2) is 41.5 Å². The van der Waals surface area contributed by atoms with E-state index in [0.717, 1.165) is 5.56 Å². The van der Waals surface area contributed by atoms with Gasteiger partial charge in [0.25, 0.3) is 11.8 Å². The topological polar surface area (TPSA) is 126 Å². The van der Waals surface area contributed by atoms with Gasteiger partial charge in [0.05, 0.1) is 16.9 Å². The van der Waals surface area contributed by atoms with Crippen molar-refractivity contribution in [3.8, 4) is 11.5 Å². The Morgan fingerprint density at radius 2 is 1.85 bits per heavy atom. The number of carbonyl (C=O) groups is 3. The van der Waals surface area contributed by atoms with Crippen LogP contribution >= 0.6 is 22.6 Å². The fraction of sp³-hybridized carbons (Fsp3) is 0.304. The smallest absolute Gasteiger partial charge is 0.341 e. The molecule has 0 saturated heterocycles. The van der Waals surface area contributed by atoms with E-state index in [4.69, 9.17) is 14.6 Å². The van der Waals surface area contributed by atoms with Crippen molar-refractivity contribution in [3.63, 3.8) is 0 Å². The van der Waals surface area contributed by atoms with Gasteiger partial charge in [-0.25, -0.2) is 10.2 Å². The van der Waals surface area contributed by atoms with Gasteiger partial charge >= 0.3 is 5.97 Å². The fourth-order valence-corrected chi connectivity index (χ4v) is 3.57. The van der Waals surface area contributed by atoms with Crippen molar-refractivity contribution < 1.29 is 29.0 Å². The summed E-state index contributed by atoms with van der Waals surface area (Å²) in [5.74, 6) is -1.42. The van der Waals surface area contributed by atoms with Crippen LogP contribution in [0.5, 0.6) is 11.5 Å². The molecule has 10 heteroatoms. The lowest BCUT2D eigenvalue weighted by molar-refractivity contribution is -0.139. The van der Waals surface area contributed by atoms with Crippen LogP contribution in [-0.4, -0.2) is 48.9 Å². The van der Waals surface area contributed by atoms with Gasteiger partial charge in [-0.1, -0.05) is 31.5 Å². The molecule has 2 aromatic rings. The lowest BCUT2D eigenvalue weighted by Gasteiger charge is -2.20. The third-order valence-corrected chi connectivity index (χ3v) is 5.33. The average Bonchev–Trinajstić information content (AvgIpc) is 2.76. The van der Waals surface area contributed by atoms with Gasteiger partial charge in [-0.05, 0) is 65.3 Å². The predicted molar refractivity (Wildman–Crippen MR) is 132 cm³/mol. The van der Waals surface area contributed by atoms with Crippen LogP contribution in [0.4, 0.5) is 0 Å². The Labute approximate surface area is 205 Å². The van der Waals surface area contributed by atoms with Crippen molar-refractivity contribution in [3.05, 3.63) is 56.7 Å². The number of benzene rings is 2. The van der Waals surface area contributed by atoms with Crippen molar-refractivity contribution in [1.82, 2.24) is 10.7 Å². The van der Waals surface area contributed by atoms with E-state index in [9.17, 15) is 14.4 Å². The van der Waals surface area contributed by atoms with Gasteiger partial charge in [0.2, 0.25) is 0 Å². The lowest BCUT2D eigenvalue weighted by atomic mass is 10.0. The number of carboxylic acid groups (broad SMARTS) is 1. The molecule has 0 aliphatic rings. The minimum absolute atomic E-state index is 0.165. The molecule has 1 unspecified atom stereocenters. The number of rotatable bonds is 10. The summed E-state index contributed by atoms with van der Waals surface area (Å²) in [5.41, 5.74) is 4.56. The molecule has 176 valence electrons. The van der Waals surface area contributed by atoms with Crippen molar-refractivity contribution in [2.75, 3.05) is 13.7 Å². The van der Waals surface area contributed by atoms with Crippen LogP contribution in [0.1, 0.15) is 35.3 Å². The van der Waals surface area contributed by atoms with E-state index in [-0.39, 0.29) is 11.8 Å². The number of hydrogen-bond donors (Lipinski definition) is 3. The van der Waals surface area contributed by atoms with Gasteiger partial charge in [0.1, 0.15) is 6.04 Å². The summed E-state index contributed by atoms with van der Waals surface area (Å²) < 4.78 is 11.2. The quantitative estimate of drug-likeness (QED) is 0.230. The second-order valence-electron chi connectivity index (χ2n) is 7.51. The number of carboxylic acids is 1. The van der Waals surface area contributed by atoms with Gasteiger partial charge in [-0.3, -0.25) is 9.59 Å². The molecule has 2 aromatic carbocycles. The zero-order valence-corrected chi connectivity index (χ0v) is 20.9. The summed E-state index contributed by atoms with van der Waals surface area (Å²) in [5, 5.41) is 15.5. The van der Waals surface area contributed by atoms with E-state index >= 15 is 0 Å². The zero-order chi connectivity index (χ0) is 24.5. The van der Waals surface area contributed by atoms with Gasteiger partial charge < -0.3 is 19.9 Å². The number of halogens is 1. The van der Waals surface area contributed by atoms with E-state index in [1.807, 2.05) is 55.5 Å². The van der Waals surface area contributed by atoms with Crippen LogP contribution in [0.3, 0.4) is 0 Å². The monoisotopic (exact) mass is 567 g/mol. The third-order valence-electron chi connectivity index (χ3n) is 4.53. The van der Waals surface area contributed by atoms with Crippen LogP contribution in [0.2, 0.25) is 0 Å². The van der Waals surface area contributed by atoms with E-state index in [1.165, 1.54) is 13.3 Å². The molecule has 0 fully saturated rings. The van der Waals surface area contributed by atoms with E-state index in [1.54, 1.807) is 24.3 Å². The summed E-state index contributed by atoms with van der Waals surface area (Å²) in [6, 6.07) is 9.60. The molecule has 0 bridgehead atoms.